The van der Waals surface area contributed by atoms with Crippen LogP contribution in [0.2, 0.25) is 0 Å². The van der Waals surface area contributed by atoms with Crippen molar-refractivity contribution in [3.05, 3.63) is 35.9 Å². The predicted octanol–water partition coefficient (Wildman–Crippen LogP) is 1.75. The molecule has 0 radical (unpaired) electrons. The number of aromatic nitrogens is 2. The molecule has 0 unspecified atom stereocenters. The minimum Gasteiger partial charge on any atom is -0.344 e. The van der Waals surface area contributed by atoms with Crippen molar-refractivity contribution in [1.29, 1.82) is 0 Å². The average Bonchev–Trinajstić information content (AvgIpc) is 2.97. The molecule has 0 spiro atoms. The SMILES string of the molecule is Cc1nsc(N2CCN(CC(=O)Nc3ccccc3F)CC2)n1. The molecule has 0 saturated carbocycles. The van der Waals surface area contributed by atoms with Crippen molar-refractivity contribution >= 4 is 28.3 Å². The van der Waals surface area contributed by atoms with Gasteiger partial charge in [0, 0.05) is 37.7 Å². The van der Waals surface area contributed by atoms with Crippen LogP contribution in [-0.2, 0) is 4.79 Å². The summed E-state index contributed by atoms with van der Waals surface area (Å²) in [5.74, 6) is 0.171. The molecule has 1 amide bonds. The highest BCUT2D eigenvalue weighted by Crippen LogP contribution is 2.18. The van der Waals surface area contributed by atoms with Gasteiger partial charge in [-0.25, -0.2) is 9.37 Å². The van der Waals surface area contributed by atoms with Crippen molar-refractivity contribution in [2.24, 2.45) is 0 Å². The first-order valence-electron chi connectivity index (χ1n) is 7.44. The second kappa shape index (κ2) is 7.01. The van der Waals surface area contributed by atoms with E-state index in [1.165, 1.54) is 17.6 Å². The van der Waals surface area contributed by atoms with Crippen LogP contribution >= 0.6 is 11.5 Å². The molecule has 1 saturated heterocycles. The van der Waals surface area contributed by atoms with Gasteiger partial charge >= 0.3 is 0 Å². The van der Waals surface area contributed by atoms with E-state index in [9.17, 15) is 9.18 Å². The number of hydrogen-bond donors (Lipinski definition) is 1. The Morgan fingerprint density at radius 2 is 2.04 bits per heavy atom. The van der Waals surface area contributed by atoms with Gasteiger partial charge in [-0.15, -0.1) is 0 Å². The lowest BCUT2D eigenvalue weighted by molar-refractivity contribution is -0.117. The van der Waals surface area contributed by atoms with Crippen molar-refractivity contribution in [1.82, 2.24) is 14.3 Å². The molecular weight excluding hydrogens is 317 g/mol. The van der Waals surface area contributed by atoms with Crippen LogP contribution < -0.4 is 10.2 Å². The minimum absolute atomic E-state index is 0.199. The largest absolute Gasteiger partial charge is 0.344 e. The van der Waals surface area contributed by atoms with E-state index in [2.05, 4.69) is 24.5 Å². The third kappa shape index (κ3) is 4.02. The summed E-state index contributed by atoms with van der Waals surface area (Å²) in [4.78, 5) is 20.6. The fourth-order valence-electron chi connectivity index (χ4n) is 2.47. The molecule has 1 fully saturated rings. The van der Waals surface area contributed by atoms with Crippen LogP contribution in [0.15, 0.2) is 24.3 Å². The maximum absolute atomic E-state index is 13.5. The quantitative estimate of drug-likeness (QED) is 0.922. The third-order valence-electron chi connectivity index (χ3n) is 3.67. The lowest BCUT2D eigenvalue weighted by Gasteiger charge is -2.33. The van der Waals surface area contributed by atoms with Crippen molar-refractivity contribution in [2.45, 2.75) is 6.92 Å². The van der Waals surface area contributed by atoms with Gasteiger partial charge in [-0.2, -0.15) is 4.37 Å². The number of para-hydroxylation sites is 1. The van der Waals surface area contributed by atoms with Crippen LogP contribution in [0.4, 0.5) is 15.2 Å². The number of amides is 1. The molecule has 1 N–H and O–H groups in total. The van der Waals surface area contributed by atoms with Gasteiger partial charge in [0.1, 0.15) is 11.6 Å². The van der Waals surface area contributed by atoms with Gasteiger partial charge in [0.15, 0.2) is 0 Å². The molecule has 8 heteroatoms. The van der Waals surface area contributed by atoms with Crippen LogP contribution in [0, 0.1) is 12.7 Å². The van der Waals surface area contributed by atoms with Crippen molar-refractivity contribution in [3.63, 3.8) is 0 Å². The summed E-state index contributed by atoms with van der Waals surface area (Å²) in [5.41, 5.74) is 0.223. The standard InChI is InChI=1S/C15H18FN5OS/c1-11-17-15(23-19-11)21-8-6-20(7-9-21)10-14(22)18-13-5-3-2-4-12(13)16/h2-5H,6-10H2,1H3,(H,18,22). The Morgan fingerprint density at radius 3 is 2.70 bits per heavy atom. The molecule has 2 heterocycles. The monoisotopic (exact) mass is 335 g/mol. The van der Waals surface area contributed by atoms with E-state index < -0.39 is 5.82 Å². The van der Waals surface area contributed by atoms with Gasteiger partial charge < -0.3 is 10.2 Å². The van der Waals surface area contributed by atoms with Gasteiger partial charge in [0.25, 0.3) is 0 Å². The predicted molar refractivity (Wildman–Crippen MR) is 88.3 cm³/mol. The molecule has 23 heavy (non-hydrogen) atoms. The van der Waals surface area contributed by atoms with E-state index in [0.29, 0.717) is 0 Å². The fourth-order valence-corrected chi connectivity index (χ4v) is 3.19. The lowest BCUT2D eigenvalue weighted by Crippen LogP contribution is -2.48. The maximum atomic E-state index is 13.5. The Kier molecular flexibility index (Phi) is 4.82. The van der Waals surface area contributed by atoms with Gasteiger partial charge in [-0.3, -0.25) is 9.69 Å². The van der Waals surface area contributed by atoms with Crippen molar-refractivity contribution in [2.75, 3.05) is 42.9 Å². The molecule has 0 atom stereocenters. The molecule has 1 aliphatic heterocycles. The van der Waals surface area contributed by atoms with E-state index in [0.717, 1.165) is 37.1 Å². The number of halogens is 1. The second-order valence-electron chi connectivity index (χ2n) is 5.42. The minimum atomic E-state index is -0.419. The summed E-state index contributed by atoms with van der Waals surface area (Å²) in [7, 11) is 0. The smallest absolute Gasteiger partial charge is 0.238 e. The van der Waals surface area contributed by atoms with Crippen LogP contribution in [0.1, 0.15) is 5.82 Å². The van der Waals surface area contributed by atoms with Crippen molar-refractivity contribution < 1.29 is 9.18 Å². The van der Waals surface area contributed by atoms with Gasteiger partial charge in [0.2, 0.25) is 11.0 Å². The van der Waals surface area contributed by atoms with E-state index in [1.54, 1.807) is 18.2 Å². The van der Waals surface area contributed by atoms with E-state index in [1.807, 2.05) is 6.92 Å². The normalized spacial score (nSPS) is 15.7. The zero-order valence-electron chi connectivity index (χ0n) is 12.8. The molecule has 2 aromatic rings. The number of hydrogen-bond acceptors (Lipinski definition) is 6. The summed E-state index contributed by atoms with van der Waals surface area (Å²) in [6.45, 7) is 5.29. The average molecular weight is 335 g/mol. The molecule has 0 aliphatic carbocycles. The number of benzene rings is 1. The third-order valence-corrected chi connectivity index (χ3v) is 4.54. The molecule has 1 aromatic heterocycles. The van der Waals surface area contributed by atoms with Crippen molar-refractivity contribution in [3.8, 4) is 0 Å². The molecule has 6 nitrogen and oxygen atoms in total. The van der Waals surface area contributed by atoms with E-state index in [4.69, 9.17) is 0 Å². The number of aryl methyl sites for hydroxylation is 1. The molecule has 0 bridgehead atoms. The Bertz CT molecular complexity index is 684. The Hall–Kier alpha value is -2.06. The van der Waals surface area contributed by atoms with Crippen LogP contribution in [-0.4, -0.2) is 52.9 Å². The Balaban J connectivity index is 1.49. The number of carbonyl (C=O) groups excluding carboxylic acids is 1. The first-order valence-corrected chi connectivity index (χ1v) is 8.21. The topological polar surface area (TPSA) is 61.4 Å². The summed E-state index contributed by atoms with van der Waals surface area (Å²) >= 11 is 1.40. The number of carbonyl (C=O) groups is 1. The highest BCUT2D eigenvalue weighted by atomic mass is 32.1. The number of nitrogens with zero attached hydrogens (tertiary/aromatic N) is 4. The number of rotatable bonds is 4. The van der Waals surface area contributed by atoms with E-state index >= 15 is 0 Å². The second-order valence-corrected chi connectivity index (χ2v) is 6.15. The van der Waals surface area contributed by atoms with Gasteiger partial charge in [-0.05, 0) is 19.1 Å². The summed E-state index contributed by atoms with van der Waals surface area (Å²) in [6.07, 6.45) is 0. The highest BCUT2D eigenvalue weighted by Gasteiger charge is 2.21. The Morgan fingerprint density at radius 1 is 1.30 bits per heavy atom. The number of nitrogens with one attached hydrogen (secondary N) is 1. The first kappa shape index (κ1) is 15.8. The fraction of sp³-hybridized carbons (Fsp3) is 0.400. The lowest BCUT2D eigenvalue weighted by atomic mass is 10.3. The molecule has 1 aliphatic rings. The van der Waals surface area contributed by atoms with Crippen LogP contribution in [0.25, 0.3) is 0 Å². The summed E-state index contributed by atoms with van der Waals surface area (Å²) in [5, 5.41) is 3.54. The van der Waals surface area contributed by atoms with Gasteiger partial charge in [-0.1, -0.05) is 12.1 Å². The first-order chi connectivity index (χ1) is 11.1. The Labute approximate surface area is 138 Å². The molecular formula is C15H18FN5OS. The van der Waals surface area contributed by atoms with Gasteiger partial charge in [0.05, 0.1) is 12.2 Å². The van der Waals surface area contributed by atoms with Crippen LogP contribution in [0.5, 0.6) is 0 Å². The molecule has 1 aromatic carbocycles. The summed E-state index contributed by atoms with van der Waals surface area (Å²) in [6, 6.07) is 6.18. The maximum Gasteiger partial charge on any atom is 0.238 e. The zero-order chi connectivity index (χ0) is 16.2. The summed E-state index contributed by atoms with van der Waals surface area (Å²) < 4.78 is 17.7. The number of anilines is 2. The zero-order valence-corrected chi connectivity index (χ0v) is 13.6. The number of piperazine rings is 1. The molecule has 122 valence electrons. The molecule has 3 rings (SSSR count). The van der Waals surface area contributed by atoms with E-state index in [-0.39, 0.29) is 18.1 Å². The van der Waals surface area contributed by atoms with Crippen LogP contribution in [0.3, 0.4) is 0 Å². The highest BCUT2D eigenvalue weighted by molar-refractivity contribution is 7.09.